The Morgan fingerprint density at radius 3 is 2.30 bits per heavy atom. The van der Waals surface area contributed by atoms with Crippen molar-refractivity contribution in [1.29, 1.82) is 0 Å². The average molecular weight is 328 g/mol. The summed E-state index contributed by atoms with van der Waals surface area (Å²) in [6, 6.07) is 5.89. The Labute approximate surface area is 134 Å². The molecule has 2 amide bonds. The van der Waals surface area contributed by atoms with E-state index in [9.17, 15) is 18.4 Å². The maximum absolute atomic E-state index is 12.2. The molecule has 0 aliphatic heterocycles. The third-order valence-electron chi connectivity index (χ3n) is 3.02. The van der Waals surface area contributed by atoms with E-state index in [0.29, 0.717) is 12.1 Å². The number of carbonyl (C=O) groups excluding carboxylic acids is 2. The highest BCUT2D eigenvalue weighted by atomic mass is 19.3. The van der Waals surface area contributed by atoms with Crippen LogP contribution in [-0.2, 0) is 16.0 Å². The molecule has 0 saturated heterocycles. The number of ether oxygens (including phenoxy) is 1. The van der Waals surface area contributed by atoms with Gasteiger partial charge in [-0.3, -0.25) is 9.59 Å². The Morgan fingerprint density at radius 2 is 1.83 bits per heavy atom. The van der Waals surface area contributed by atoms with Gasteiger partial charge in [0, 0.05) is 12.6 Å². The lowest BCUT2D eigenvalue weighted by Gasteiger charge is -2.21. The number of benzene rings is 1. The van der Waals surface area contributed by atoms with Crippen LogP contribution in [0.4, 0.5) is 8.78 Å². The number of likely N-dealkylation sites (N-methyl/N-ethyl adjacent to an activating group) is 1. The first kappa shape index (κ1) is 18.9. The SMILES string of the molecule is CCN(CC(=O)NC(C)C)C(=O)Cc1ccc(OC(F)F)cc1. The summed E-state index contributed by atoms with van der Waals surface area (Å²) in [4.78, 5) is 25.4. The second-order valence-corrected chi connectivity index (χ2v) is 5.33. The van der Waals surface area contributed by atoms with E-state index >= 15 is 0 Å². The molecule has 5 nitrogen and oxygen atoms in total. The fourth-order valence-electron chi connectivity index (χ4n) is 1.99. The molecule has 7 heteroatoms. The second kappa shape index (κ2) is 9.07. The average Bonchev–Trinajstić information content (AvgIpc) is 2.45. The molecule has 0 atom stereocenters. The first-order chi connectivity index (χ1) is 10.8. The minimum atomic E-state index is -2.88. The molecular formula is C16H22F2N2O3. The Hall–Kier alpha value is -2.18. The number of alkyl halides is 2. The van der Waals surface area contributed by atoms with Gasteiger partial charge in [-0.15, -0.1) is 0 Å². The van der Waals surface area contributed by atoms with E-state index in [1.54, 1.807) is 19.1 Å². The lowest BCUT2D eigenvalue weighted by atomic mass is 10.1. The van der Waals surface area contributed by atoms with Crippen LogP contribution in [0.2, 0.25) is 0 Å². The highest BCUT2D eigenvalue weighted by molar-refractivity contribution is 5.85. The molecule has 23 heavy (non-hydrogen) atoms. The summed E-state index contributed by atoms with van der Waals surface area (Å²) in [6.07, 6.45) is 0.0950. The molecule has 0 unspecified atom stereocenters. The van der Waals surface area contributed by atoms with E-state index in [2.05, 4.69) is 10.1 Å². The molecule has 0 aromatic heterocycles. The summed E-state index contributed by atoms with van der Waals surface area (Å²) in [5.41, 5.74) is 0.666. The Balaban J connectivity index is 2.60. The van der Waals surface area contributed by atoms with E-state index in [0.717, 1.165) is 0 Å². The van der Waals surface area contributed by atoms with Gasteiger partial charge in [0.15, 0.2) is 0 Å². The van der Waals surface area contributed by atoms with Gasteiger partial charge in [0.2, 0.25) is 11.8 Å². The van der Waals surface area contributed by atoms with Crippen LogP contribution < -0.4 is 10.1 Å². The van der Waals surface area contributed by atoms with E-state index in [1.165, 1.54) is 17.0 Å². The largest absolute Gasteiger partial charge is 0.435 e. The van der Waals surface area contributed by atoms with Crippen molar-refractivity contribution in [2.75, 3.05) is 13.1 Å². The molecule has 1 aromatic rings. The van der Waals surface area contributed by atoms with Crippen LogP contribution in [-0.4, -0.2) is 42.5 Å². The molecule has 0 aliphatic rings. The number of rotatable bonds is 8. The van der Waals surface area contributed by atoms with Gasteiger partial charge in [-0.25, -0.2) is 0 Å². The summed E-state index contributed by atoms with van der Waals surface area (Å²) >= 11 is 0. The highest BCUT2D eigenvalue weighted by Crippen LogP contribution is 2.15. The normalized spacial score (nSPS) is 10.7. The fourth-order valence-corrected chi connectivity index (χ4v) is 1.99. The summed E-state index contributed by atoms with van der Waals surface area (Å²) in [6.45, 7) is 3.02. The van der Waals surface area contributed by atoms with Gasteiger partial charge < -0.3 is 15.0 Å². The molecule has 1 aromatic carbocycles. The zero-order valence-corrected chi connectivity index (χ0v) is 13.5. The first-order valence-electron chi connectivity index (χ1n) is 7.42. The molecule has 0 heterocycles. The van der Waals surface area contributed by atoms with E-state index < -0.39 is 6.61 Å². The second-order valence-electron chi connectivity index (χ2n) is 5.33. The standard InChI is InChI=1S/C16H22F2N2O3/c1-4-20(10-14(21)19-11(2)3)15(22)9-12-5-7-13(8-6-12)23-16(17)18/h5-8,11,16H,4,9-10H2,1-3H3,(H,19,21). The fraction of sp³-hybridized carbons (Fsp3) is 0.500. The van der Waals surface area contributed by atoms with Gasteiger partial charge in [0.1, 0.15) is 5.75 Å². The number of nitrogens with zero attached hydrogens (tertiary/aromatic N) is 1. The molecule has 0 bridgehead atoms. The number of carbonyl (C=O) groups is 2. The molecule has 0 spiro atoms. The number of nitrogens with one attached hydrogen (secondary N) is 1. The molecular weight excluding hydrogens is 306 g/mol. The topological polar surface area (TPSA) is 58.6 Å². The van der Waals surface area contributed by atoms with Crippen molar-refractivity contribution < 1.29 is 23.1 Å². The van der Waals surface area contributed by atoms with Crippen LogP contribution in [0.3, 0.4) is 0 Å². The first-order valence-corrected chi connectivity index (χ1v) is 7.42. The maximum atomic E-state index is 12.2. The number of halogens is 2. The number of hydrogen-bond donors (Lipinski definition) is 1. The summed E-state index contributed by atoms with van der Waals surface area (Å²) in [7, 11) is 0. The van der Waals surface area contributed by atoms with Crippen LogP contribution >= 0.6 is 0 Å². The predicted octanol–water partition coefficient (Wildman–Crippen LogP) is 2.20. The predicted molar refractivity (Wildman–Crippen MR) is 82.3 cm³/mol. The zero-order valence-electron chi connectivity index (χ0n) is 13.5. The third-order valence-corrected chi connectivity index (χ3v) is 3.02. The monoisotopic (exact) mass is 328 g/mol. The number of hydrogen-bond acceptors (Lipinski definition) is 3. The van der Waals surface area contributed by atoms with Crippen LogP contribution in [0.25, 0.3) is 0 Å². The molecule has 1 N–H and O–H groups in total. The van der Waals surface area contributed by atoms with Crippen LogP contribution in [0.5, 0.6) is 5.75 Å². The van der Waals surface area contributed by atoms with Gasteiger partial charge in [-0.2, -0.15) is 8.78 Å². The molecule has 0 saturated carbocycles. The van der Waals surface area contributed by atoms with Crippen molar-refractivity contribution in [3.8, 4) is 5.75 Å². The van der Waals surface area contributed by atoms with Crippen molar-refractivity contribution in [1.82, 2.24) is 10.2 Å². The highest BCUT2D eigenvalue weighted by Gasteiger charge is 2.16. The van der Waals surface area contributed by atoms with E-state index in [4.69, 9.17) is 0 Å². The smallest absolute Gasteiger partial charge is 0.387 e. The molecule has 0 fully saturated rings. The summed E-state index contributed by atoms with van der Waals surface area (Å²) < 4.78 is 28.4. The van der Waals surface area contributed by atoms with E-state index in [-0.39, 0.29) is 36.6 Å². The third kappa shape index (κ3) is 7.08. The molecule has 1 rings (SSSR count). The minimum Gasteiger partial charge on any atom is -0.435 e. The quantitative estimate of drug-likeness (QED) is 0.796. The molecule has 0 aliphatic carbocycles. The molecule has 128 valence electrons. The zero-order chi connectivity index (χ0) is 17.4. The summed E-state index contributed by atoms with van der Waals surface area (Å²) in [5, 5.41) is 2.73. The minimum absolute atomic E-state index is 0.0000898. The van der Waals surface area contributed by atoms with Gasteiger partial charge in [-0.05, 0) is 38.5 Å². The lowest BCUT2D eigenvalue weighted by molar-refractivity contribution is -0.135. The van der Waals surface area contributed by atoms with Gasteiger partial charge >= 0.3 is 6.61 Å². The van der Waals surface area contributed by atoms with Crippen molar-refractivity contribution >= 4 is 11.8 Å². The maximum Gasteiger partial charge on any atom is 0.387 e. The number of amides is 2. The molecule has 0 radical (unpaired) electrons. The van der Waals surface area contributed by atoms with Crippen molar-refractivity contribution in [2.45, 2.75) is 39.8 Å². The Bertz CT molecular complexity index is 519. The van der Waals surface area contributed by atoms with Gasteiger partial charge in [0.05, 0.1) is 13.0 Å². The van der Waals surface area contributed by atoms with Crippen molar-refractivity contribution in [3.63, 3.8) is 0 Å². The van der Waals surface area contributed by atoms with Gasteiger partial charge in [0.25, 0.3) is 0 Å². The van der Waals surface area contributed by atoms with Crippen molar-refractivity contribution in [3.05, 3.63) is 29.8 Å². The summed E-state index contributed by atoms with van der Waals surface area (Å²) in [5.74, 6) is -0.371. The lowest BCUT2D eigenvalue weighted by Crippen LogP contribution is -2.43. The van der Waals surface area contributed by atoms with Crippen LogP contribution in [0.1, 0.15) is 26.3 Å². The van der Waals surface area contributed by atoms with Crippen LogP contribution in [0, 0.1) is 0 Å². The Kier molecular flexibility index (Phi) is 7.44. The Morgan fingerprint density at radius 1 is 1.22 bits per heavy atom. The van der Waals surface area contributed by atoms with E-state index in [1.807, 2.05) is 13.8 Å². The van der Waals surface area contributed by atoms with Gasteiger partial charge in [-0.1, -0.05) is 12.1 Å². The van der Waals surface area contributed by atoms with Crippen molar-refractivity contribution in [2.24, 2.45) is 0 Å². The van der Waals surface area contributed by atoms with Crippen LogP contribution in [0.15, 0.2) is 24.3 Å².